The molecule has 1 rings (SSSR count). The Balaban J connectivity index is 2.09. The van der Waals surface area contributed by atoms with Crippen LogP contribution >= 0.6 is 0 Å². The molecule has 0 aliphatic heterocycles. The summed E-state index contributed by atoms with van der Waals surface area (Å²) in [4.78, 5) is 34.0. The quantitative estimate of drug-likeness (QED) is 0.404. The Labute approximate surface area is 145 Å². The Morgan fingerprint density at radius 1 is 0.960 bits per heavy atom. The van der Waals surface area contributed by atoms with Crippen LogP contribution in [0, 0.1) is 0 Å². The smallest absolute Gasteiger partial charge is 0.463 e. The number of carbonyl (C=O) groups excluding carboxylic acids is 3. The second-order valence-electron chi connectivity index (χ2n) is 5.15. The number of esters is 2. The Hall–Kier alpha value is -2.61. The first-order valence-electron chi connectivity index (χ1n) is 7.79. The van der Waals surface area contributed by atoms with E-state index in [0.29, 0.717) is 0 Å². The number of hydrogen-bond acceptors (Lipinski definition) is 8. The largest absolute Gasteiger partial charge is 0.508 e. The summed E-state index contributed by atoms with van der Waals surface area (Å²) in [6, 6.07) is 9.15. The summed E-state index contributed by atoms with van der Waals surface area (Å²) in [7, 11) is 0. The highest BCUT2D eigenvalue weighted by Crippen LogP contribution is 2.02. The normalized spacial score (nSPS) is 12.6. The van der Waals surface area contributed by atoms with Gasteiger partial charge in [-0.05, 0) is 19.4 Å². The van der Waals surface area contributed by atoms with Gasteiger partial charge in [-0.2, -0.15) is 0 Å². The molecule has 0 aromatic heterocycles. The molecule has 1 aromatic rings. The van der Waals surface area contributed by atoms with Crippen LogP contribution < -0.4 is 0 Å². The van der Waals surface area contributed by atoms with Crippen molar-refractivity contribution in [3.63, 3.8) is 0 Å². The Bertz CT molecular complexity index is 555. The van der Waals surface area contributed by atoms with E-state index >= 15 is 0 Å². The van der Waals surface area contributed by atoms with Gasteiger partial charge in [-0.15, -0.1) is 0 Å². The van der Waals surface area contributed by atoms with E-state index in [0.717, 1.165) is 5.56 Å². The highest BCUT2D eigenvalue weighted by atomic mass is 16.7. The molecule has 0 spiro atoms. The number of benzene rings is 1. The summed E-state index contributed by atoms with van der Waals surface area (Å²) in [5.74, 6) is -1.66. The van der Waals surface area contributed by atoms with Gasteiger partial charge in [0.25, 0.3) is 0 Å². The molecule has 0 fully saturated rings. The van der Waals surface area contributed by atoms with Crippen molar-refractivity contribution < 1.29 is 38.4 Å². The maximum Gasteiger partial charge on any atom is 0.508 e. The molecule has 0 amide bonds. The van der Waals surface area contributed by atoms with E-state index in [2.05, 4.69) is 4.74 Å². The molecule has 2 atom stereocenters. The van der Waals surface area contributed by atoms with Crippen LogP contribution in [0.5, 0.6) is 0 Å². The monoisotopic (exact) mass is 354 g/mol. The van der Waals surface area contributed by atoms with Crippen molar-refractivity contribution in [1.82, 2.24) is 0 Å². The SMILES string of the molecule is CC(O)C(=O)OC(C)C(=O)OCCCOC(=O)OCc1ccccc1. The summed E-state index contributed by atoms with van der Waals surface area (Å²) in [5.41, 5.74) is 0.842. The number of hydrogen-bond donors (Lipinski definition) is 1. The van der Waals surface area contributed by atoms with Gasteiger partial charge in [-0.25, -0.2) is 14.4 Å². The van der Waals surface area contributed by atoms with Crippen LogP contribution in [0.4, 0.5) is 4.79 Å². The van der Waals surface area contributed by atoms with Crippen LogP contribution in [-0.2, 0) is 35.1 Å². The number of rotatable bonds is 9. The minimum absolute atomic E-state index is 0.0125. The molecule has 1 aromatic carbocycles. The van der Waals surface area contributed by atoms with Crippen LogP contribution in [0.2, 0.25) is 0 Å². The average Bonchev–Trinajstić information content (AvgIpc) is 2.60. The minimum atomic E-state index is -1.31. The van der Waals surface area contributed by atoms with Crippen LogP contribution in [0.3, 0.4) is 0 Å². The maximum absolute atomic E-state index is 11.5. The van der Waals surface area contributed by atoms with E-state index in [9.17, 15) is 14.4 Å². The zero-order valence-electron chi connectivity index (χ0n) is 14.2. The lowest BCUT2D eigenvalue weighted by molar-refractivity contribution is -0.171. The first kappa shape index (κ1) is 20.4. The van der Waals surface area contributed by atoms with Gasteiger partial charge in [0.1, 0.15) is 12.7 Å². The first-order chi connectivity index (χ1) is 11.9. The molecule has 0 aliphatic carbocycles. The van der Waals surface area contributed by atoms with E-state index in [1.807, 2.05) is 30.3 Å². The third-order valence-electron chi connectivity index (χ3n) is 2.92. The third kappa shape index (κ3) is 8.71. The van der Waals surface area contributed by atoms with Crippen molar-refractivity contribution in [1.29, 1.82) is 0 Å². The molecule has 0 aliphatic rings. The van der Waals surface area contributed by atoms with E-state index in [4.69, 9.17) is 19.3 Å². The summed E-state index contributed by atoms with van der Waals surface area (Å²) in [5, 5.41) is 8.98. The Kier molecular flexibility index (Phi) is 9.02. The predicted octanol–water partition coefficient (Wildman–Crippen LogP) is 1.59. The van der Waals surface area contributed by atoms with Gasteiger partial charge in [0, 0.05) is 6.42 Å². The lowest BCUT2D eigenvalue weighted by Gasteiger charge is -2.13. The van der Waals surface area contributed by atoms with Gasteiger partial charge in [-0.3, -0.25) is 0 Å². The number of aliphatic hydroxyl groups is 1. The highest BCUT2D eigenvalue weighted by molar-refractivity contribution is 5.80. The molecule has 8 heteroatoms. The average molecular weight is 354 g/mol. The van der Waals surface area contributed by atoms with Crippen molar-refractivity contribution >= 4 is 18.1 Å². The van der Waals surface area contributed by atoms with Crippen molar-refractivity contribution in [2.24, 2.45) is 0 Å². The summed E-state index contributed by atoms with van der Waals surface area (Å²) in [6.07, 6.45) is -2.98. The Morgan fingerprint density at radius 3 is 2.24 bits per heavy atom. The van der Waals surface area contributed by atoms with Gasteiger partial charge in [0.15, 0.2) is 6.10 Å². The van der Waals surface area contributed by atoms with Gasteiger partial charge in [-0.1, -0.05) is 30.3 Å². The van der Waals surface area contributed by atoms with Crippen LogP contribution in [0.15, 0.2) is 30.3 Å². The molecular formula is C17H22O8. The van der Waals surface area contributed by atoms with E-state index in [1.165, 1.54) is 13.8 Å². The maximum atomic E-state index is 11.5. The van der Waals surface area contributed by atoms with Crippen molar-refractivity contribution in [3.05, 3.63) is 35.9 Å². The van der Waals surface area contributed by atoms with Crippen LogP contribution in [0.1, 0.15) is 25.8 Å². The van der Waals surface area contributed by atoms with Crippen LogP contribution in [0.25, 0.3) is 0 Å². The highest BCUT2D eigenvalue weighted by Gasteiger charge is 2.21. The molecule has 25 heavy (non-hydrogen) atoms. The van der Waals surface area contributed by atoms with Gasteiger partial charge < -0.3 is 24.1 Å². The predicted molar refractivity (Wildman–Crippen MR) is 85.4 cm³/mol. The molecule has 0 heterocycles. The molecule has 8 nitrogen and oxygen atoms in total. The lowest BCUT2D eigenvalue weighted by Crippen LogP contribution is -2.31. The number of aliphatic hydroxyl groups excluding tert-OH is 1. The van der Waals surface area contributed by atoms with Crippen molar-refractivity contribution in [2.75, 3.05) is 13.2 Å². The van der Waals surface area contributed by atoms with E-state index in [-0.39, 0.29) is 26.2 Å². The lowest BCUT2D eigenvalue weighted by atomic mass is 10.2. The fourth-order valence-electron chi connectivity index (χ4n) is 1.58. The molecule has 0 bridgehead atoms. The third-order valence-corrected chi connectivity index (χ3v) is 2.92. The van der Waals surface area contributed by atoms with Crippen molar-refractivity contribution in [2.45, 2.75) is 39.1 Å². The number of carbonyl (C=O) groups is 3. The molecule has 0 radical (unpaired) electrons. The first-order valence-corrected chi connectivity index (χ1v) is 7.79. The van der Waals surface area contributed by atoms with Gasteiger partial charge in [0.2, 0.25) is 0 Å². The molecule has 138 valence electrons. The zero-order chi connectivity index (χ0) is 18.7. The fraction of sp³-hybridized carbons (Fsp3) is 0.471. The topological polar surface area (TPSA) is 108 Å². The molecule has 0 saturated carbocycles. The molecular weight excluding hydrogens is 332 g/mol. The van der Waals surface area contributed by atoms with E-state index < -0.39 is 30.3 Å². The molecule has 1 N–H and O–H groups in total. The van der Waals surface area contributed by atoms with Gasteiger partial charge in [0.05, 0.1) is 13.2 Å². The second kappa shape index (κ2) is 11.0. The van der Waals surface area contributed by atoms with Crippen molar-refractivity contribution in [3.8, 4) is 0 Å². The van der Waals surface area contributed by atoms with E-state index in [1.54, 1.807) is 0 Å². The zero-order valence-corrected chi connectivity index (χ0v) is 14.2. The summed E-state index contributed by atoms with van der Waals surface area (Å²) in [6.45, 7) is 2.68. The summed E-state index contributed by atoms with van der Waals surface area (Å²) >= 11 is 0. The summed E-state index contributed by atoms with van der Waals surface area (Å²) < 4.78 is 19.3. The van der Waals surface area contributed by atoms with Gasteiger partial charge >= 0.3 is 18.1 Å². The molecule has 0 saturated heterocycles. The minimum Gasteiger partial charge on any atom is -0.463 e. The fourth-order valence-corrected chi connectivity index (χ4v) is 1.58. The Morgan fingerprint density at radius 2 is 1.60 bits per heavy atom. The molecule has 2 unspecified atom stereocenters. The second-order valence-corrected chi connectivity index (χ2v) is 5.15. The standard InChI is InChI=1S/C17H22O8/c1-12(18)15(19)25-13(2)16(20)22-9-6-10-23-17(21)24-11-14-7-4-3-5-8-14/h3-5,7-8,12-13,18H,6,9-11H2,1-2H3. The van der Waals surface area contributed by atoms with Crippen LogP contribution in [-0.4, -0.2) is 48.6 Å². The number of ether oxygens (including phenoxy) is 4.